The van der Waals surface area contributed by atoms with Gasteiger partial charge in [0.25, 0.3) is 0 Å². The molecule has 2 saturated heterocycles. The molecule has 0 spiro atoms. The predicted molar refractivity (Wildman–Crippen MR) is 78.5 cm³/mol. The van der Waals surface area contributed by atoms with Gasteiger partial charge < -0.3 is 20.7 Å². The topological polar surface area (TPSA) is 70.8 Å². The smallest absolute Gasteiger partial charge is 0.237 e. The summed E-state index contributed by atoms with van der Waals surface area (Å²) in [5.74, 6) is -0.274. The number of carbonyl (C=O) groups excluding carboxylic acids is 1. The highest BCUT2D eigenvalue weighted by molar-refractivity contribution is 5.84. The molecule has 2 rings (SSSR count). The van der Waals surface area contributed by atoms with Gasteiger partial charge in [0, 0.05) is 32.2 Å². The first-order valence-electron chi connectivity index (χ1n) is 7.58. The van der Waals surface area contributed by atoms with Crippen LogP contribution < -0.4 is 11.1 Å². The molecule has 0 saturated carbocycles. The average molecular weight is 284 g/mol. The van der Waals surface area contributed by atoms with E-state index in [9.17, 15) is 4.79 Å². The Morgan fingerprint density at radius 3 is 2.70 bits per heavy atom. The Hall–Kier alpha value is -0.690. The van der Waals surface area contributed by atoms with E-state index in [0.29, 0.717) is 6.04 Å². The normalized spacial score (nSPS) is 28.4. The number of likely N-dealkylation sites (N-methyl/N-ethyl adjacent to an activating group) is 1. The van der Waals surface area contributed by atoms with E-state index in [2.05, 4.69) is 15.1 Å². The number of nitrogens with two attached hydrogens (primary N) is 1. The van der Waals surface area contributed by atoms with Crippen molar-refractivity contribution in [2.45, 2.75) is 31.3 Å². The van der Waals surface area contributed by atoms with E-state index in [1.54, 1.807) is 7.05 Å². The fourth-order valence-corrected chi connectivity index (χ4v) is 3.01. The zero-order chi connectivity index (χ0) is 14.6. The Bertz CT molecular complexity index is 333. The molecule has 2 heterocycles. The molecule has 6 nitrogen and oxygen atoms in total. The number of rotatable bonds is 6. The van der Waals surface area contributed by atoms with E-state index in [4.69, 9.17) is 10.5 Å². The van der Waals surface area contributed by atoms with Gasteiger partial charge in [0.1, 0.15) is 0 Å². The van der Waals surface area contributed by atoms with Crippen LogP contribution in [0.25, 0.3) is 0 Å². The molecule has 0 radical (unpaired) electrons. The molecule has 0 bridgehead atoms. The average Bonchev–Trinajstić information content (AvgIpc) is 2.94. The number of hydrogen-bond donors (Lipinski definition) is 2. The number of ether oxygens (including phenoxy) is 1. The van der Waals surface area contributed by atoms with Crippen molar-refractivity contribution in [3.8, 4) is 0 Å². The molecule has 0 aromatic rings. The third-order valence-corrected chi connectivity index (χ3v) is 4.83. The van der Waals surface area contributed by atoms with Gasteiger partial charge in [-0.1, -0.05) is 0 Å². The second-order valence-corrected chi connectivity index (χ2v) is 6.09. The molecule has 0 aromatic heterocycles. The summed E-state index contributed by atoms with van der Waals surface area (Å²) in [6.45, 7) is 8.82. The molecule has 3 N–H and O–H groups in total. The van der Waals surface area contributed by atoms with Crippen LogP contribution in [0.3, 0.4) is 0 Å². The van der Waals surface area contributed by atoms with Crippen LogP contribution in [0.5, 0.6) is 0 Å². The molecule has 2 atom stereocenters. The van der Waals surface area contributed by atoms with Gasteiger partial charge in [0.2, 0.25) is 5.91 Å². The maximum atomic E-state index is 11.5. The number of hydrogen-bond acceptors (Lipinski definition) is 5. The minimum Gasteiger partial charge on any atom is -0.379 e. The number of nitrogens with one attached hydrogen (secondary N) is 1. The molecule has 0 aliphatic carbocycles. The van der Waals surface area contributed by atoms with Crippen LogP contribution in [0.4, 0.5) is 0 Å². The first-order chi connectivity index (χ1) is 9.55. The Morgan fingerprint density at radius 1 is 1.40 bits per heavy atom. The van der Waals surface area contributed by atoms with Crippen molar-refractivity contribution in [1.29, 1.82) is 0 Å². The molecule has 2 aliphatic heterocycles. The number of nitrogens with zero attached hydrogens (tertiary/aromatic N) is 2. The van der Waals surface area contributed by atoms with Crippen LogP contribution >= 0.6 is 0 Å². The number of morpholine rings is 1. The lowest BCUT2D eigenvalue weighted by atomic mass is 9.97. The summed E-state index contributed by atoms with van der Waals surface area (Å²) in [4.78, 5) is 16.5. The molecule has 2 aliphatic rings. The van der Waals surface area contributed by atoms with Crippen molar-refractivity contribution in [1.82, 2.24) is 15.1 Å². The Kier molecular flexibility index (Phi) is 5.37. The quantitative estimate of drug-likeness (QED) is 0.671. The minimum atomic E-state index is -0.600. The van der Waals surface area contributed by atoms with Gasteiger partial charge in [-0.15, -0.1) is 0 Å². The maximum absolute atomic E-state index is 11.5. The van der Waals surface area contributed by atoms with Crippen molar-refractivity contribution in [2.75, 3.05) is 53.0 Å². The van der Waals surface area contributed by atoms with E-state index >= 15 is 0 Å². The van der Waals surface area contributed by atoms with Crippen molar-refractivity contribution in [3.05, 3.63) is 0 Å². The van der Waals surface area contributed by atoms with Gasteiger partial charge in [0.05, 0.1) is 18.8 Å². The zero-order valence-corrected chi connectivity index (χ0v) is 12.7. The highest BCUT2D eigenvalue weighted by Gasteiger charge is 2.32. The van der Waals surface area contributed by atoms with Crippen molar-refractivity contribution in [2.24, 2.45) is 5.73 Å². The SMILES string of the molecule is CNC(C)(CCN1CCC(N2CCOCC2)C1)C(N)=O. The van der Waals surface area contributed by atoms with Gasteiger partial charge >= 0.3 is 0 Å². The van der Waals surface area contributed by atoms with Crippen LogP contribution in [0.1, 0.15) is 19.8 Å². The van der Waals surface area contributed by atoms with E-state index in [1.165, 1.54) is 6.42 Å². The van der Waals surface area contributed by atoms with Gasteiger partial charge in [0.15, 0.2) is 0 Å². The maximum Gasteiger partial charge on any atom is 0.237 e. The van der Waals surface area contributed by atoms with Crippen LogP contribution in [-0.2, 0) is 9.53 Å². The lowest BCUT2D eigenvalue weighted by Gasteiger charge is -2.32. The van der Waals surface area contributed by atoms with Gasteiger partial charge in [-0.05, 0) is 33.4 Å². The Labute approximate surface area is 121 Å². The molecule has 1 amide bonds. The van der Waals surface area contributed by atoms with Crippen molar-refractivity contribution >= 4 is 5.91 Å². The monoisotopic (exact) mass is 284 g/mol. The lowest BCUT2D eigenvalue weighted by molar-refractivity contribution is -0.124. The van der Waals surface area contributed by atoms with E-state index in [1.807, 2.05) is 6.92 Å². The highest BCUT2D eigenvalue weighted by atomic mass is 16.5. The van der Waals surface area contributed by atoms with Crippen LogP contribution in [-0.4, -0.2) is 80.3 Å². The second kappa shape index (κ2) is 6.85. The van der Waals surface area contributed by atoms with Crippen molar-refractivity contribution in [3.63, 3.8) is 0 Å². The van der Waals surface area contributed by atoms with Gasteiger partial charge in [-0.2, -0.15) is 0 Å². The number of carbonyl (C=O) groups is 1. The number of primary amides is 1. The van der Waals surface area contributed by atoms with E-state index in [-0.39, 0.29) is 5.91 Å². The number of amides is 1. The largest absolute Gasteiger partial charge is 0.379 e. The molecule has 20 heavy (non-hydrogen) atoms. The molecule has 0 aromatic carbocycles. The molecular weight excluding hydrogens is 256 g/mol. The van der Waals surface area contributed by atoms with Crippen molar-refractivity contribution < 1.29 is 9.53 Å². The lowest BCUT2D eigenvalue weighted by Crippen LogP contribution is -2.53. The molecule has 116 valence electrons. The fourth-order valence-electron chi connectivity index (χ4n) is 3.01. The van der Waals surface area contributed by atoms with Crippen LogP contribution in [0, 0.1) is 0 Å². The third kappa shape index (κ3) is 3.69. The third-order valence-electron chi connectivity index (χ3n) is 4.83. The van der Waals surface area contributed by atoms with Gasteiger partial charge in [-0.3, -0.25) is 9.69 Å². The summed E-state index contributed by atoms with van der Waals surface area (Å²) < 4.78 is 5.40. The van der Waals surface area contributed by atoms with E-state index < -0.39 is 5.54 Å². The summed E-state index contributed by atoms with van der Waals surface area (Å²) in [5, 5.41) is 3.05. The number of likely N-dealkylation sites (tertiary alicyclic amines) is 1. The second-order valence-electron chi connectivity index (χ2n) is 6.09. The molecular formula is C14H28N4O2. The first kappa shape index (κ1) is 15.7. The van der Waals surface area contributed by atoms with Gasteiger partial charge in [-0.25, -0.2) is 0 Å². The Morgan fingerprint density at radius 2 is 2.10 bits per heavy atom. The summed E-state index contributed by atoms with van der Waals surface area (Å²) in [5.41, 5.74) is 4.87. The molecule has 6 heteroatoms. The fraction of sp³-hybridized carbons (Fsp3) is 0.929. The highest BCUT2D eigenvalue weighted by Crippen LogP contribution is 2.19. The predicted octanol–water partition coefficient (Wildman–Crippen LogP) is -0.754. The summed E-state index contributed by atoms with van der Waals surface area (Å²) in [6, 6.07) is 0.647. The molecule has 2 fully saturated rings. The zero-order valence-electron chi connectivity index (χ0n) is 12.7. The summed E-state index contributed by atoms with van der Waals surface area (Å²) in [7, 11) is 1.80. The first-order valence-corrected chi connectivity index (χ1v) is 7.58. The minimum absolute atomic E-state index is 0.274. The summed E-state index contributed by atoms with van der Waals surface area (Å²) >= 11 is 0. The van der Waals surface area contributed by atoms with Crippen LogP contribution in [0.15, 0.2) is 0 Å². The molecule has 2 unspecified atom stereocenters. The standard InChI is InChI=1S/C14H28N4O2/c1-14(16-2,13(15)19)4-6-17-5-3-12(11-17)18-7-9-20-10-8-18/h12,16H,3-11H2,1-2H3,(H2,15,19). The summed E-state index contributed by atoms with van der Waals surface area (Å²) in [6.07, 6.45) is 1.97. The van der Waals surface area contributed by atoms with E-state index in [0.717, 1.165) is 52.4 Å². The van der Waals surface area contributed by atoms with Crippen LogP contribution in [0.2, 0.25) is 0 Å². The Balaban J connectivity index is 1.77.